The second-order valence-electron chi connectivity index (χ2n) is 4.99. The van der Waals surface area contributed by atoms with E-state index in [4.69, 9.17) is 10.8 Å². The summed E-state index contributed by atoms with van der Waals surface area (Å²) in [6.45, 7) is 2.13. The third-order valence-corrected chi connectivity index (χ3v) is 3.58. The lowest BCUT2D eigenvalue weighted by Gasteiger charge is -2.23. The first-order valence-corrected chi connectivity index (χ1v) is 6.61. The maximum atomic E-state index is 12.3. The molecule has 0 bridgehead atoms. The van der Waals surface area contributed by atoms with E-state index in [0.29, 0.717) is 24.9 Å². The molecule has 0 saturated carbocycles. The zero-order valence-electron chi connectivity index (χ0n) is 11.6. The molecular weight excluding hydrogens is 274 g/mol. The fourth-order valence-electron chi connectivity index (χ4n) is 2.50. The first-order valence-electron chi connectivity index (χ1n) is 6.61. The van der Waals surface area contributed by atoms with Gasteiger partial charge >= 0.3 is 12.0 Å². The van der Waals surface area contributed by atoms with Gasteiger partial charge in [0.1, 0.15) is 6.04 Å². The molecule has 1 aliphatic rings. The third-order valence-electron chi connectivity index (χ3n) is 3.58. The molecule has 1 atom stereocenters. The summed E-state index contributed by atoms with van der Waals surface area (Å²) < 4.78 is 0. The van der Waals surface area contributed by atoms with E-state index in [1.807, 2.05) is 0 Å². The van der Waals surface area contributed by atoms with Crippen LogP contribution in [0.25, 0.3) is 0 Å². The molecule has 0 spiro atoms. The van der Waals surface area contributed by atoms with Gasteiger partial charge < -0.3 is 21.1 Å². The molecule has 0 radical (unpaired) electrons. The van der Waals surface area contributed by atoms with E-state index in [0.717, 1.165) is 0 Å². The quantitative estimate of drug-likeness (QED) is 0.775. The molecule has 1 aromatic carbocycles. The summed E-state index contributed by atoms with van der Waals surface area (Å²) in [5, 5.41) is 11.8. The van der Waals surface area contributed by atoms with Crippen molar-refractivity contribution in [3.05, 3.63) is 29.3 Å². The molecule has 1 saturated heterocycles. The van der Waals surface area contributed by atoms with Crippen LogP contribution in [-0.4, -0.2) is 40.5 Å². The molecule has 3 amide bonds. The number of amides is 3. The highest BCUT2D eigenvalue weighted by Crippen LogP contribution is 2.23. The minimum atomic E-state index is -1.12. The number of nitrogens with zero attached hydrogens (tertiary/aromatic N) is 1. The molecule has 21 heavy (non-hydrogen) atoms. The Morgan fingerprint density at radius 1 is 1.38 bits per heavy atom. The number of hydrogen-bond acceptors (Lipinski definition) is 3. The minimum Gasteiger partial charge on any atom is -0.478 e. The standard InChI is InChI=1S/C14H17N3O4/c1-8-4-2-5-9(13(19)20)11(8)16-14(21)17-7-3-6-10(17)12(15)18/h2,4-5,10H,3,6-7H2,1H3,(H2,15,18)(H,16,21)(H,19,20). The fraction of sp³-hybridized carbons (Fsp3) is 0.357. The summed E-state index contributed by atoms with van der Waals surface area (Å²) in [6.07, 6.45) is 1.23. The summed E-state index contributed by atoms with van der Waals surface area (Å²) in [7, 11) is 0. The van der Waals surface area contributed by atoms with Crippen LogP contribution < -0.4 is 11.1 Å². The zero-order valence-corrected chi connectivity index (χ0v) is 11.6. The van der Waals surface area contributed by atoms with E-state index in [1.165, 1.54) is 11.0 Å². The van der Waals surface area contributed by atoms with Crippen LogP contribution in [0.4, 0.5) is 10.5 Å². The molecule has 2 rings (SSSR count). The Labute approximate surface area is 121 Å². The molecule has 1 aromatic rings. The largest absolute Gasteiger partial charge is 0.478 e. The number of benzene rings is 1. The van der Waals surface area contributed by atoms with E-state index in [2.05, 4.69) is 5.32 Å². The van der Waals surface area contributed by atoms with Gasteiger partial charge in [0, 0.05) is 6.54 Å². The van der Waals surface area contributed by atoms with Gasteiger partial charge in [-0.2, -0.15) is 0 Å². The predicted molar refractivity (Wildman–Crippen MR) is 76.1 cm³/mol. The van der Waals surface area contributed by atoms with Gasteiger partial charge in [-0.15, -0.1) is 0 Å². The highest BCUT2D eigenvalue weighted by Gasteiger charge is 2.33. The van der Waals surface area contributed by atoms with Crippen molar-refractivity contribution in [1.29, 1.82) is 0 Å². The fourth-order valence-corrected chi connectivity index (χ4v) is 2.50. The Balaban J connectivity index is 2.24. The van der Waals surface area contributed by atoms with Gasteiger partial charge in [-0.3, -0.25) is 4.79 Å². The SMILES string of the molecule is Cc1cccc(C(=O)O)c1NC(=O)N1CCCC1C(N)=O. The minimum absolute atomic E-state index is 0.0122. The molecule has 4 N–H and O–H groups in total. The highest BCUT2D eigenvalue weighted by molar-refractivity contribution is 6.02. The summed E-state index contributed by atoms with van der Waals surface area (Å²) >= 11 is 0. The molecular formula is C14H17N3O4. The van der Waals surface area contributed by atoms with Crippen molar-refractivity contribution in [3.8, 4) is 0 Å². The van der Waals surface area contributed by atoms with Gasteiger partial charge in [-0.25, -0.2) is 9.59 Å². The van der Waals surface area contributed by atoms with Crippen molar-refractivity contribution < 1.29 is 19.5 Å². The molecule has 1 unspecified atom stereocenters. The van der Waals surface area contributed by atoms with E-state index in [9.17, 15) is 14.4 Å². The maximum Gasteiger partial charge on any atom is 0.337 e. The molecule has 1 aliphatic heterocycles. The lowest BCUT2D eigenvalue weighted by atomic mass is 10.1. The Kier molecular flexibility index (Phi) is 4.11. The summed E-state index contributed by atoms with van der Waals surface area (Å²) in [4.78, 5) is 36.1. The number of carbonyl (C=O) groups is 3. The average Bonchev–Trinajstić information content (AvgIpc) is 2.90. The van der Waals surface area contributed by atoms with Crippen LogP contribution in [0.1, 0.15) is 28.8 Å². The number of carbonyl (C=O) groups excluding carboxylic acids is 2. The number of carboxylic acid groups (broad SMARTS) is 1. The second kappa shape index (κ2) is 5.82. The number of para-hydroxylation sites is 1. The van der Waals surface area contributed by atoms with Crippen molar-refractivity contribution in [3.63, 3.8) is 0 Å². The van der Waals surface area contributed by atoms with Gasteiger partial charge in [0.25, 0.3) is 0 Å². The first-order chi connectivity index (χ1) is 9.91. The van der Waals surface area contributed by atoms with Crippen molar-refractivity contribution in [1.82, 2.24) is 4.90 Å². The van der Waals surface area contributed by atoms with Gasteiger partial charge in [-0.1, -0.05) is 12.1 Å². The van der Waals surface area contributed by atoms with Gasteiger partial charge in [0.05, 0.1) is 11.3 Å². The Bertz CT molecular complexity index is 600. The van der Waals surface area contributed by atoms with E-state index < -0.39 is 23.9 Å². The molecule has 1 heterocycles. The molecule has 1 fully saturated rings. The molecule has 112 valence electrons. The number of carboxylic acids is 1. The number of hydrogen-bond donors (Lipinski definition) is 3. The summed E-state index contributed by atoms with van der Waals surface area (Å²) in [5.74, 6) is -1.67. The van der Waals surface area contributed by atoms with Crippen LogP contribution in [0, 0.1) is 6.92 Å². The number of anilines is 1. The van der Waals surface area contributed by atoms with Crippen molar-refractivity contribution in [2.75, 3.05) is 11.9 Å². The smallest absolute Gasteiger partial charge is 0.337 e. The molecule has 0 aliphatic carbocycles. The number of primary amides is 1. The Morgan fingerprint density at radius 2 is 2.10 bits per heavy atom. The van der Waals surface area contributed by atoms with Crippen LogP contribution >= 0.6 is 0 Å². The summed E-state index contributed by atoms with van der Waals surface area (Å²) in [5.41, 5.74) is 6.16. The number of urea groups is 1. The highest BCUT2D eigenvalue weighted by atomic mass is 16.4. The van der Waals surface area contributed by atoms with Crippen LogP contribution in [0.3, 0.4) is 0 Å². The Hall–Kier alpha value is -2.57. The van der Waals surface area contributed by atoms with Crippen LogP contribution in [0.15, 0.2) is 18.2 Å². The van der Waals surface area contributed by atoms with Crippen molar-refractivity contribution >= 4 is 23.6 Å². The normalized spacial score (nSPS) is 17.6. The monoisotopic (exact) mass is 291 g/mol. The van der Waals surface area contributed by atoms with Gasteiger partial charge in [0.2, 0.25) is 5.91 Å². The second-order valence-corrected chi connectivity index (χ2v) is 4.99. The van der Waals surface area contributed by atoms with Crippen LogP contribution in [0.5, 0.6) is 0 Å². The number of aryl methyl sites for hydroxylation is 1. The maximum absolute atomic E-state index is 12.3. The lowest BCUT2D eigenvalue weighted by molar-refractivity contribution is -0.121. The van der Waals surface area contributed by atoms with E-state index >= 15 is 0 Å². The van der Waals surface area contributed by atoms with Gasteiger partial charge in [-0.05, 0) is 31.4 Å². The predicted octanol–water partition coefficient (Wildman–Crippen LogP) is 1.17. The number of nitrogens with one attached hydrogen (secondary N) is 1. The molecule has 7 heteroatoms. The molecule has 0 aromatic heterocycles. The average molecular weight is 291 g/mol. The number of rotatable bonds is 3. The topological polar surface area (TPSA) is 113 Å². The summed E-state index contributed by atoms with van der Waals surface area (Å²) in [6, 6.07) is 3.59. The number of nitrogens with two attached hydrogens (primary N) is 1. The lowest BCUT2D eigenvalue weighted by Crippen LogP contribution is -2.45. The van der Waals surface area contributed by atoms with Crippen LogP contribution in [0.2, 0.25) is 0 Å². The number of aromatic carboxylic acids is 1. The van der Waals surface area contributed by atoms with E-state index in [1.54, 1.807) is 19.1 Å². The Morgan fingerprint density at radius 3 is 2.71 bits per heavy atom. The third kappa shape index (κ3) is 2.96. The molecule has 7 nitrogen and oxygen atoms in total. The number of likely N-dealkylation sites (tertiary alicyclic amines) is 1. The van der Waals surface area contributed by atoms with Gasteiger partial charge in [0.15, 0.2) is 0 Å². The van der Waals surface area contributed by atoms with E-state index in [-0.39, 0.29) is 11.3 Å². The van der Waals surface area contributed by atoms with Crippen molar-refractivity contribution in [2.45, 2.75) is 25.8 Å². The zero-order chi connectivity index (χ0) is 15.6. The first kappa shape index (κ1) is 14.8. The van der Waals surface area contributed by atoms with Crippen molar-refractivity contribution in [2.24, 2.45) is 5.73 Å². The van der Waals surface area contributed by atoms with Crippen LogP contribution in [-0.2, 0) is 4.79 Å².